The van der Waals surface area contributed by atoms with Crippen LogP contribution >= 0.6 is 0 Å². The van der Waals surface area contributed by atoms with Crippen molar-refractivity contribution in [2.75, 3.05) is 6.54 Å². The van der Waals surface area contributed by atoms with E-state index in [1.165, 1.54) is 5.56 Å². The Morgan fingerprint density at radius 3 is 2.96 bits per heavy atom. The number of nitrogens with zero attached hydrogens (tertiary/aromatic N) is 3. The first kappa shape index (κ1) is 16.1. The molecule has 26 heavy (non-hydrogen) atoms. The second-order valence-electron chi connectivity index (χ2n) is 6.07. The predicted molar refractivity (Wildman–Crippen MR) is 96.2 cm³/mol. The molecule has 0 aliphatic carbocycles. The van der Waals surface area contributed by atoms with Crippen LogP contribution in [-0.4, -0.2) is 33.2 Å². The topological polar surface area (TPSA) is 81.1 Å². The number of urea groups is 1. The van der Waals surface area contributed by atoms with Gasteiger partial charge in [0.05, 0.1) is 6.54 Å². The highest BCUT2D eigenvalue weighted by Gasteiger charge is 2.22. The van der Waals surface area contributed by atoms with Gasteiger partial charge in [0.15, 0.2) is 0 Å². The van der Waals surface area contributed by atoms with E-state index in [-0.39, 0.29) is 12.1 Å². The molecule has 0 radical (unpaired) electrons. The summed E-state index contributed by atoms with van der Waals surface area (Å²) < 4.78 is 7.64. The molecule has 3 heterocycles. The Hall–Kier alpha value is -3.35. The molecule has 7 nitrogen and oxygen atoms in total. The van der Waals surface area contributed by atoms with Crippen LogP contribution < -0.4 is 15.4 Å². The number of amides is 2. The van der Waals surface area contributed by atoms with Crippen molar-refractivity contribution in [2.45, 2.75) is 19.1 Å². The summed E-state index contributed by atoms with van der Waals surface area (Å²) in [7, 11) is 0. The van der Waals surface area contributed by atoms with Crippen LogP contribution in [0.5, 0.6) is 5.75 Å². The zero-order chi connectivity index (χ0) is 17.8. The standard InChI is InChI=1S/C19H19N5O2/c25-19(23-12-16-10-14-4-1-2-6-17(14)26-16)22-11-15-5-3-7-21-18(15)24-9-8-20-13-24/h1-9,13,16H,10-12H2,(H2,22,23,25)/t16-/m1/s1. The molecule has 1 atom stereocenters. The Balaban J connectivity index is 1.29. The number of rotatable bonds is 5. The number of carbonyl (C=O) groups excluding carboxylic acids is 1. The predicted octanol–water partition coefficient (Wildman–Crippen LogP) is 2.07. The van der Waals surface area contributed by atoms with Crippen LogP contribution in [0.1, 0.15) is 11.1 Å². The van der Waals surface area contributed by atoms with Crippen LogP contribution in [0.15, 0.2) is 61.3 Å². The van der Waals surface area contributed by atoms with Crippen molar-refractivity contribution in [3.8, 4) is 11.6 Å². The van der Waals surface area contributed by atoms with Gasteiger partial charge in [0.2, 0.25) is 0 Å². The average Bonchev–Trinajstić information content (AvgIpc) is 3.34. The number of benzene rings is 1. The molecule has 1 aliphatic heterocycles. The van der Waals surface area contributed by atoms with Crippen molar-refractivity contribution in [3.05, 3.63) is 72.4 Å². The van der Waals surface area contributed by atoms with E-state index in [0.717, 1.165) is 23.6 Å². The molecule has 3 aromatic rings. The summed E-state index contributed by atoms with van der Waals surface area (Å²) in [6, 6.07) is 11.5. The molecule has 7 heteroatoms. The van der Waals surface area contributed by atoms with Crippen LogP contribution in [0.25, 0.3) is 5.82 Å². The number of fused-ring (bicyclic) bond motifs is 1. The SMILES string of the molecule is O=C(NCc1cccnc1-n1ccnc1)NC[C@H]1Cc2ccccc2O1. The van der Waals surface area contributed by atoms with E-state index < -0.39 is 0 Å². The maximum atomic E-state index is 12.1. The van der Waals surface area contributed by atoms with Crippen molar-refractivity contribution in [1.29, 1.82) is 0 Å². The van der Waals surface area contributed by atoms with Crippen LogP contribution in [0.4, 0.5) is 4.79 Å². The maximum absolute atomic E-state index is 12.1. The summed E-state index contributed by atoms with van der Waals surface area (Å²) in [4.78, 5) is 20.5. The fraction of sp³-hybridized carbons (Fsp3) is 0.211. The van der Waals surface area contributed by atoms with Gasteiger partial charge in [-0.15, -0.1) is 0 Å². The molecule has 1 aromatic carbocycles. The van der Waals surface area contributed by atoms with Gasteiger partial charge in [-0.3, -0.25) is 4.57 Å². The zero-order valence-electron chi connectivity index (χ0n) is 14.1. The van der Waals surface area contributed by atoms with Crippen molar-refractivity contribution < 1.29 is 9.53 Å². The molecule has 0 saturated carbocycles. The highest BCUT2D eigenvalue weighted by atomic mass is 16.5. The van der Waals surface area contributed by atoms with Gasteiger partial charge in [0.1, 0.15) is 24.0 Å². The Kier molecular flexibility index (Phi) is 4.51. The number of imidazole rings is 1. The first-order valence-electron chi connectivity index (χ1n) is 8.48. The summed E-state index contributed by atoms with van der Waals surface area (Å²) in [6.07, 6.45) is 7.69. The lowest BCUT2D eigenvalue weighted by molar-refractivity contribution is 0.214. The summed E-state index contributed by atoms with van der Waals surface area (Å²) >= 11 is 0. The molecule has 0 unspecified atom stereocenters. The van der Waals surface area contributed by atoms with Gasteiger partial charge in [-0.25, -0.2) is 14.8 Å². The quantitative estimate of drug-likeness (QED) is 0.739. The van der Waals surface area contributed by atoms with E-state index in [0.29, 0.717) is 13.1 Å². The highest BCUT2D eigenvalue weighted by Crippen LogP contribution is 2.27. The molecule has 2 N–H and O–H groups in total. The molecule has 0 bridgehead atoms. The zero-order valence-corrected chi connectivity index (χ0v) is 14.1. The van der Waals surface area contributed by atoms with E-state index in [1.54, 1.807) is 18.7 Å². The minimum Gasteiger partial charge on any atom is -0.488 e. The summed E-state index contributed by atoms with van der Waals surface area (Å²) in [5, 5.41) is 5.74. The smallest absolute Gasteiger partial charge is 0.315 e. The second-order valence-corrected chi connectivity index (χ2v) is 6.07. The lowest BCUT2D eigenvalue weighted by Crippen LogP contribution is -2.40. The molecule has 132 valence electrons. The molecule has 4 rings (SSSR count). The van der Waals surface area contributed by atoms with Crippen molar-refractivity contribution >= 4 is 6.03 Å². The Morgan fingerprint density at radius 2 is 2.12 bits per heavy atom. The number of nitrogens with one attached hydrogen (secondary N) is 2. The third-order valence-electron chi connectivity index (χ3n) is 4.26. The van der Waals surface area contributed by atoms with Gasteiger partial charge in [-0.05, 0) is 17.7 Å². The van der Waals surface area contributed by atoms with Gasteiger partial charge in [-0.1, -0.05) is 24.3 Å². The normalized spacial score (nSPS) is 15.2. The van der Waals surface area contributed by atoms with Crippen LogP contribution in [0.3, 0.4) is 0 Å². The maximum Gasteiger partial charge on any atom is 0.315 e. The average molecular weight is 349 g/mol. The summed E-state index contributed by atoms with van der Waals surface area (Å²) in [6.45, 7) is 0.834. The second kappa shape index (κ2) is 7.26. The number of pyridine rings is 1. The number of ether oxygens (including phenoxy) is 1. The number of carbonyl (C=O) groups is 1. The largest absolute Gasteiger partial charge is 0.488 e. The van der Waals surface area contributed by atoms with E-state index in [4.69, 9.17) is 4.74 Å². The van der Waals surface area contributed by atoms with Crippen LogP contribution in [0, 0.1) is 0 Å². The van der Waals surface area contributed by atoms with Gasteiger partial charge in [0, 0.05) is 37.1 Å². The molecular weight excluding hydrogens is 330 g/mol. The lowest BCUT2D eigenvalue weighted by Gasteiger charge is -2.13. The number of hydrogen-bond donors (Lipinski definition) is 2. The molecule has 2 aromatic heterocycles. The fourth-order valence-electron chi connectivity index (χ4n) is 3.00. The fourth-order valence-corrected chi connectivity index (χ4v) is 3.00. The number of hydrogen-bond acceptors (Lipinski definition) is 4. The Morgan fingerprint density at radius 1 is 1.19 bits per heavy atom. The first-order valence-corrected chi connectivity index (χ1v) is 8.48. The summed E-state index contributed by atoms with van der Waals surface area (Å²) in [5.74, 6) is 1.65. The minimum atomic E-state index is -0.231. The molecule has 2 amide bonds. The number of aromatic nitrogens is 3. The highest BCUT2D eigenvalue weighted by molar-refractivity contribution is 5.74. The third-order valence-corrected chi connectivity index (χ3v) is 4.26. The van der Waals surface area contributed by atoms with E-state index in [1.807, 2.05) is 41.1 Å². The van der Waals surface area contributed by atoms with Gasteiger partial charge in [0.25, 0.3) is 0 Å². The minimum absolute atomic E-state index is 0.0296. The van der Waals surface area contributed by atoms with Crippen LogP contribution in [-0.2, 0) is 13.0 Å². The Bertz CT molecular complexity index is 869. The van der Waals surface area contributed by atoms with E-state index in [2.05, 4.69) is 26.7 Å². The van der Waals surface area contributed by atoms with Crippen molar-refractivity contribution in [3.63, 3.8) is 0 Å². The monoisotopic (exact) mass is 349 g/mol. The first-order chi connectivity index (χ1) is 12.8. The van der Waals surface area contributed by atoms with Crippen LogP contribution in [0.2, 0.25) is 0 Å². The van der Waals surface area contributed by atoms with Crippen molar-refractivity contribution in [1.82, 2.24) is 25.2 Å². The van der Waals surface area contributed by atoms with Gasteiger partial charge in [-0.2, -0.15) is 0 Å². The Labute approximate surface area is 151 Å². The summed E-state index contributed by atoms with van der Waals surface area (Å²) in [5.41, 5.74) is 2.09. The molecule has 0 spiro atoms. The molecule has 0 fully saturated rings. The molecule has 0 saturated heterocycles. The lowest BCUT2D eigenvalue weighted by atomic mass is 10.1. The third kappa shape index (κ3) is 3.51. The molecule has 1 aliphatic rings. The van der Waals surface area contributed by atoms with E-state index in [9.17, 15) is 4.79 Å². The van der Waals surface area contributed by atoms with Gasteiger partial charge < -0.3 is 15.4 Å². The number of para-hydroxylation sites is 1. The van der Waals surface area contributed by atoms with E-state index >= 15 is 0 Å². The van der Waals surface area contributed by atoms with Gasteiger partial charge >= 0.3 is 6.03 Å². The van der Waals surface area contributed by atoms with Crippen molar-refractivity contribution in [2.24, 2.45) is 0 Å². The molecular formula is C19H19N5O2.